The molecule has 1 saturated heterocycles. The largest absolute Gasteiger partial charge is 0.369 e. The van der Waals surface area contributed by atoms with E-state index in [-0.39, 0.29) is 11.7 Å². The van der Waals surface area contributed by atoms with Crippen molar-refractivity contribution >= 4 is 5.82 Å². The molecule has 1 atom stereocenters. The van der Waals surface area contributed by atoms with Crippen molar-refractivity contribution in [2.45, 2.75) is 46.3 Å². The van der Waals surface area contributed by atoms with Crippen LogP contribution >= 0.6 is 0 Å². The number of hydrogen-bond acceptors (Lipinski definition) is 5. The molecule has 19 heavy (non-hydrogen) atoms. The third-order valence-electron chi connectivity index (χ3n) is 3.42. The monoisotopic (exact) mass is 260 g/mol. The lowest BCUT2D eigenvalue weighted by atomic mass is 10.0. The van der Waals surface area contributed by atoms with Crippen LogP contribution in [0.2, 0.25) is 0 Å². The summed E-state index contributed by atoms with van der Waals surface area (Å²) < 4.78 is 5.88. The SMILES string of the molecule is Cc1nnc(N2C[C@@H](C)OC(C)(C)C2)c(C#N)c1C. The van der Waals surface area contributed by atoms with Crippen LogP contribution in [-0.4, -0.2) is 35.0 Å². The van der Waals surface area contributed by atoms with Gasteiger partial charge in [0.2, 0.25) is 0 Å². The van der Waals surface area contributed by atoms with Gasteiger partial charge >= 0.3 is 0 Å². The van der Waals surface area contributed by atoms with Crippen LogP contribution in [0.25, 0.3) is 0 Å². The molecule has 0 aromatic carbocycles. The fourth-order valence-corrected chi connectivity index (χ4v) is 2.57. The molecule has 0 bridgehead atoms. The maximum Gasteiger partial charge on any atom is 0.169 e. The van der Waals surface area contributed by atoms with E-state index in [4.69, 9.17) is 4.74 Å². The molecule has 1 aliphatic heterocycles. The summed E-state index contributed by atoms with van der Waals surface area (Å²) in [6.07, 6.45) is 0.110. The van der Waals surface area contributed by atoms with Gasteiger partial charge in [0.15, 0.2) is 5.82 Å². The van der Waals surface area contributed by atoms with E-state index in [0.717, 1.165) is 17.8 Å². The molecule has 5 nitrogen and oxygen atoms in total. The number of aryl methyl sites for hydroxylation is 1. The molecule has 0 unspecified atom stereocenters. The Morgan fingerprint density at radius 2 is 2.05 bits per heavy atom. The van der Waals surface area contributed by atoms with E-state index in [0.29, 0.717) is 17.9 Å². The Hall–Kier alpha value is -1.67. The Bertz CT molecular complexity index is 533. The lowest BCUT2D eigenvalue weighted by Crippen LogP contribution is -2.52. The van der Waals surface area contributed by atoms with Crippen LogP contribution in [0.1, 0.15) is 37.6 Å². The average Bonchev–Trinajstić information content (AvgIpc) is 2.29. The fraction of sp³-hybridized carbons (Fsp3) is 0.643. The summed E-state index contributed by atoms with van der Waals surface area (Å²) in [4.78, 5) is 2.10. The van der Waals surface area contributed by atoms with E-state index in [2.05, 4.69) is 35.0 Å². The molecule has 1 aliphatic rings. The second-order valence-electron chi connectivity index (χ2n) is 5.79. The standard InChI is InChI=1S/C14H20N4O/c1-9-7-18(8-14(4,5)19-9)13-12(6-15)10(2)11(3)16-17-13/h9H,7-8H2,1-5H3/t9-/m1/s1. The highest BCUT2D eigenvalue weighted by Crippen LogP contribution is 2.28. The van der Waals surface area contributed by atoms with Gasteiger partial charge in [-0.2, -0.15) is 10.4 Å². The van der Waals surface area contributed by atoms with E-state index in [9.17, 15) is 5.26 Å². The van der Waals surface area contributed by atoms with Gasteiger partial charge in [0.05, 0.1) is 17.4 Å². The molecule has 0 spiro atoms. The van der Waals surface area contributed by atoms with Gasteiger partial charge in [0, 0.05) is 13.1 Å². The van der Waals surface area contributed by atoms with Crippen molar-refractivity contribution in [3.05, 3.63) is 16.8 Å². The molecule has 1 fully saturated rings. The Kier molecular flexibility index (Phi) is 3.46. The number of morpholine rings is 1. The second-order valence-corrected chi connectivity index (χ2v) is 5.79. The normalized spacial score (nSPS) is 22.1. The molecule has 0 amide bonds. The summed E-state index contributed by atoms with van der Waals surface area (Å²) in [6, 6.07) is 2.26. The van der Waals surface area contributed by atoms with Crippen molar-refractivity contribution in [2.75, 3.05) is 18.0 Å². The first-order chi connectivity index (χ1) is 8.84. The molecule has 2 heterocycles. The zero-order chi connectivity index (χ0) is 14.2. The number of nitriles is 1. The predicted octanol–water partition coefficient (Wildman–Crippen LogP) is 1.97. The van der Waals surface area contributed by atoms with Crippen molar-refractivity contribution in [1.29, 1.82) is 5.26 Å². The Labute approximate surface area is 114 Å². The molecular formula is C14H20N4O. The summed E-state index contributed by atoms with van der Waals surface area (Å²) >= 11 is 0. The molecule has 2 rings (SSSR count). The van der Waals surface area contributed by atoms with Gasteiger partial charge in [0.1, 0.15) is 11.6 Å². The van der Waals surface area contributed by atoms with Crippen LogP contribution in [0.3, 0.4) is 0 Å². The van der Waals surface area contributed by atoms with Gasteiger partial charge in [0.25, 0.3) is 0 Å². The molecule has 5 heteroatoms. The van der Waals surface area contributed by atoms with Gasteiger partial charge in [-0.15, -0.1) is 5.10 Å². The highest BCUT2D eigenvalue weighted by atomic mass is 16.5. The van der Waals surface area contributed by atoms with Crippen LogP contribution < -0.4 is 4.90 Å². The zero-order valence-electron chi connectivity index (χ0n) is 12.2. The maximum atomic E-state index is 9.37. The zero-order valence-corrected chi connectivity index (χ0v) is 12.2. The van der Waals surface area contributed by atoms with Crippen LogP contribution in [0.5, 0.6) is 0 Å². The minimum Gasteiger partial charge on any atom is -0.369 e. The highest BCUT2D eigenvalue weighted by Gasteiger charge is 2.33. The maximum absolute atomic E-state index is 9.37. The summed E-state index contributed by atoms with van der Waals surface area (Å²) in [6.45, 7) is 11.4. The molecular weight excluding hydrogens is 240 g/mol. The van der Waals surface area contributed by atoms with Crippen LogP contribution in [0.15, 0.2) is 0 Å². The van der Waals surface area contributed by atoms with Crippen molar-refractivity contribution < 1.29 is 4.74 Å². The Morgan fingerprint density at radius 1 is 1.37 bits per heavy atom. The van der Waals surface area contributed by atoms with E-state index in [1.54, 1.807) is 0 Å². The van der Waals surface area contributed by atoms with Crippen LogP contribution in [0.4, 0.5) is 5.82 Å². The van der Waals surface area contributed by atoms with Crippen molar-refractivity contribution in [3.8, 4) is 6.07 Å². The summed E-state index contributed by atoms with van der Waals surface area (Å²) in [7, 11) is 0. The minimum absolute atomic E-state index is 0.110. The van der Waals surface area contributed by atoms with E-state index < -0.39 is 0 Å². The summed E-state index contributed by atoms with van der Waals surface area (Å²) in [5.74, 6) is 0.675. The van der Waals surface area contributed by atoms with Gasteiger partial charge < -0.3 is 9.64 Å². The molecule has 1 aromatic heterocycles. The van der Waals surface area contributed by atoms with E-state index >= 15 is 0 Å². The lowest BCUT2D eigenvalue weighted by molar-refractivity contribution is -0.0752. The minimum atomic E-state index is -0.245. The average molecular weight is 260 g/mol. The van der Waals surface area contributed by atoms with Gasteiger partial charge in [-0.3, -0.25) is 0 Å². The van der Waals surface area contributed by atoms with Crippen molar-refractivity contribution in [1.82, 2.24) is 10.2 Å². The quantitative estimate of drug-likeness (QED) is 0.772. The lowest BCUT2D eigenvalue weighted by Gasteiger charge is -2.42. The van der Waals surface area contributed by atoms with E-state index in [1.165, 1.54) is 0 Å². The van der Waals surface area contributed by atoms with E-state index in [1.807, 2.05) is 20.8 Å². The first kappa shape index (κ1) is 13.8. The molecule has 1 aromatic rings. The van der Waals surface area contributed by atoms with Crippen LogP contribution in [0, 0.1) is 25.2 Å². The fourth-order valence-electron chi connectivity index (χ4n) is 2.57. The van der Waals surface area contributed by atoms with Gasteiger partial charge in [-0.1, -0.05) is 0 Å². The number of aromatic nitrogens is 2. The molecule has 0 aliphatic carbocycles. The molecule has 0 saturated carbocycles. The van der Waals surface area contributed by atoms with Gasteiger partial charge in [-0.05, 0) is 40.2 Å². The number of anilines is 1. The number of ether oxygens (including phenoxy) is 1. The molecule has 0 N–H and O–H groups in total. The smallest absolute Gasteiger partial charge is 0.169 e. The summed E-state index contributed by atoms with van der Waals surface area (Å²) in [5, 5.41) is 17.8. The number of nitrogens with zero attached hydrogens (tertiary/aromatic N) is 4. The summed E-state index contributed by atoms with van der Waals surface area (Å²) in [5.41, 5.74) is 2.09. The third kappa shape index (κ3) is 2.69. The second kappa shape index (κ2) is 4.78. The predicted molar refractivity (Wildman–Crippen MR) is 73.1 cm³/mol. The first-order valence-electron chi connectivity index (χ1n) is 6.51. The van der Waals surface area contributed by atoms with Crippen molar-refractivity contribution in [3.63, 3.8) is 0 Å². The Morgan fingerprint density at radius 3 is 2.63 bits per heavy atom. The number of hydrogen-bond donors (Lipinski definition) is 0. The molecule has 0 radical (unpaired) electrons. The first-order valence-corrected chi connectivity index (χ1v) is 6.51. The third-order valence-corrected chi connectivity index (χ3v) is 3.42. The number of rotatable bonds is 1. The Balaban J connectivity index is 2.42. The van der Waals surface area contributed by atoms with Crippen molar-refractivity contribution in [2.24, 2.45) is 0 Å². The molecule has 102 valence electrons. The van der Waals surface area contributed by atoms with Gasteiger partial charge in [-0.25, -0.2) is 0 Å². The topological polar surface area (TPSA) is 62.0 Å². The van der Waals surface area contributed by atoms with Crippen LogP contribution in [-0.2, 0) is 4.74 Å². The highest BCUT2D eigenvalue weighted by molar-refractivity contribution is 5.58.